The Balaban J connectivity index is 1.39. The van der Waals surface area contributed by atoms with Crippen molar-refractivity contribution in [3.05, 3.63) is 70.9 Å². The summed E-state index contributed by atoms with van der Waals surface area (Å²) in [7, 11) is -3.55. The van der Waals surface area contributed by atoms with E-state index in [0.717, 1.165) is 16.0 Å². The van der Waals surface area contributed by atoms with Crippen LogP contribution in [0.5, 0.6) is 0 Å². The second kappa shape index (κ2) is 9.33. The number of carbonyl (C=O) groups is 1. The zero-order valence-corrected chi connectivity index (χ0v) is 19.0. The molecule has 31 heavy (non-hydrogen) atoms. The fraction of sp³-hybridized carbons (Fsp3) is 0.364. The molecule has 2 aromatic heterocycles. The van der Waals surface area contributed by atoms with Crippen LogP contribution in [0.1, 0.15) is 28.8 Å². The molecular weight excluding hydrogens is 432 g/mol. The van der Waals surface area contributed by atoms with Crippen LogP contribution in [0.2, 0.25) is 0 Å². The zero-order chi connectivity index (χ0) is 21.8. The van der Waals surface area contributed by atoms with Gasteiger partial charge in [-0.3, -0.25) is 9.48 Å². The molecule has 0 aliphatic carbocycles. The van der Waals surface area contributed by atoms with Crippen LogP contribution in [0.3, 0.4) is 0 Å². The van der Waals surface area contributed by atoms with Crippen LogP contribution < -0.4 is 5.32 Å². The number of aromatic nitrogens is 2. The van der Waals surface area contributed by atoms with Gasteiger partial charge < -0.3 is 5.32 Å². The number of hydrogen-bond acceptors (Lipinski definition) is 5. The number of thiophene rings is 1. The molecule has 1 aliphatic rings. The fourth-order valence-corrected chi connectivity index (χ4v) is 6.79. The molecule has 1 aromatic carbocycles. The van der Waals surface area contributed by atoms with Crippen molar-refractivity contribution >= 4 is 27.3 Å². The third-order valence-corrected chi connectivity index (χ3v) is 8.86. The summed E-state index contributed by atoms with van der Waals surface area (Å²) in [4.78, 5) is 13.8. The number of rotatable bonds is 7. The van der Waals surface area contributed by atoms with Crippen molar-refractivity contribution in [2.24, 2.45) is 5.92 Å². The average Bonchev–Trinajstić information content (AvgIpc) is 3.45. The largest absolute Gasteiger partial charge is 0.352 e. The molecular formula is C22H26N4O3S2. The maximum Gasteiger partial charge on any atom is 0.252 e. The highest BCUT2D eigenvalue weighted by Crippen LogP contribution is 2.28. The Morgan fingerprint density at radius 2 is 2.00 bits per heavy atom. The lowest BCUT2D eigenvalue weighted by atomic mass is 9.98. The van der Waals surface area contributed by atoms with Crippen molar-refractivity contribution in [1.82, 2.24) is 19.4 Å². The van der Waals surface area contributed by atoms with E-state index in [-0.39, 0.29) is 18.4 Å². The maximum absolute atomic E-state index is 12.9. The van der Waals surface area contributed by atoms with Crippen LogP contribution in [0.15, 0.2) is 59.1 Å². The minimum Gasteiger partial charge on any atom is -0.352 e. The Labute approximate surface area is 186 Å². The molecule has 1 N–H and O–H groups in total. The summed E-state index contributed by atoms with van der Waals surface area (Å²) < 4.78 is 29.5. The minimum absolute atomic E-state index is 0.101. The lowest BCUT2D eigenvalue weighted by Gasteiger charge is -2.30. The SMILES string of the molecule is Cc1ccc(S(=O)(=O)N2CCCC(C(=O)NCc3ccccc3Cn3cccn3)C2)s1. The number of carbonyl (C=O) groups excluding carboxylic acids is 1. The molecule has 0 saturated carbocycles. The third-order valence-electron chi connectivity index (χ3n) is 5.53. The summed E-state index contributed by atoms with van der Waals surface area (Å²) in [6, 6.07) is 13.3. The van der Waals surface area contributed by atoms with Gasteiger partial charge in [0.2, 0.25) is 5.91 Å². The van der Waals surface area contributed by atoms with Gasteiger partial charge in [0.25, 0.3) is 10.0 Å². The van der Waals surface area contributed by atoms with E-state index in [9.17, 15) is 13.2 Å². The highest BCUT2D eigenvalue weighted by Gasteiger charge is 2.33. The van der Waals surface area contributed by atoms with Crippen molar-refractivity contribution < 1.29 is 13.2 Å². The van der Waals surface area contributed by atoms with Crippen molar-refractivity contribution in [1.29, 1.82) is 0 Å². The lowest BCUT2D eigenvalue weighted by molar-refractivity contribution is -0.126. The molecule has 164 valence electrons. The van der Waals surface area contributed by atoms with E-state index < -0.39 is 10.0 Å². The van der Waals surface area contributed by atoms with E-state index in [0.29, 0.717) is 36.7 Å². The first-order valence-corrected chi connectivity index (χ1v) is 12.6. The van der Waals surface area contributed by atoms with Crippen molar-refractivity contribution in [2.45, 2.75) is 37.1 Å². The van der Waals surface area contributed by atoms with E-state index in [1.54, 1.807) is 12.3 Å². The number of sulfonamides is 1. The van der Waals surface area contributed by atoms with Crippen molar-refractivity contribution in [3.8, 4) is 0 Å². The predicted molar refractivity (Wildman–Crippen MR) is 120 cm³/mol. The average molecular weight is 459 g/mol. The van der Waals surface area contributed by atoms with E-state index >= 15 is 0 Å². The normalized spacial score (nSPS) is 17.5. The van der Waals surface area contributed by atoms with Gasteiger partial charge in [0.15, 0.2) is 0 Å². The summed E-state index contributed by atoms with van der Waals surface area (Å²) >= 11 is 1.27. The van der Waals surface area contributed by atoms with Crippen LogP contribution in [0.25, 0.3) is 0 Å². The second-order valence-electron chi connectivity index (χ2n) is 7.76. The highest BCUT2D eigenvalue weighted by atomic mass is 32.2. The van der Waals surface area contributed by atoms with Gasteiger partial charge in [0.05, 0.1) is 12.5 Å². The standard InChI is InChI=1S/C22H26N4O3S2/c1-17-9-10-21(30-17)31(28,29)26-13-4-8-20(16-26)22(27)23-14-18-6-2-3-7-19(18)15-25-12-5-11-24-25/h2-3,5-7,9-12,20H,4,8,13-16H2,1H3,(H,23,27). The Bertz CT molecular complexity index is 1140. The van der Waals surface area contributed by atoms with Crippen LogP contribution >= 0.6 is 11.3 Å². The van der Waals surface area contributed by atoms with Crippen molar-refractivity contribution in [3.63, 3.8) is 0 Å². The molecule has 1 saturated heterocycles. The number of hydrogen-bond donors (Lipinski definition) is 1. The number of amides is 1. The molecule has 0 spiro atoms. The van der Waals surface area contributed by atoms with E-state index in [4.69, 9.17) is 0 Å². The molecule has 4 rings (SSSR count). The Morgan fingerprint density at radius 3 is 2.71 bits per heavy atom. The summed E-state index contributed by atoms with van der Waals surface area (Å²) in [5.41, 5.74) is 2.12. The molecule has 3 aromatic rings. The van der Waals surface area contributed by atoms with Gasteiger partial charge in [-0.1, -0.05) is 24.3 Å². The number of nitrogens with one attached hydrogen (secondary N) is 1. The third kappa shape index (κ3) is 5.06. The van der Waals surface area contributed by atoms with E-state index in [2.05, 4.69) is 10.4 Å². The van der Waals surface area contributed by atoms with E-state index in [1.807, 2.05) is 54.2 Å². The Morgan fingerprint density at radius 1 is 1.19 bits per heavy atom. The van der Waals surface area contributed by atoms with Gasteiger partial charge in [-0.15, -0.1) is 11.3 Å². The Kier molecular flexibility index (Phi) is 6.54. The van der Waals surface area contributed by atoms with Gasteiger partial charge in [0, 0.05) is 36.9 Å². The number of benzene rings is 1. The highest BCUT2D eigenvalue weighted by molar-refractivity contribution is 7.91. The smallest absolute Gasteiger partial charge is 0.252 e. The summed E-state index contributed by atoms with van der Waals surface area (Å²) in [6.07, 6.45) is 5.01. The van der Waals surface area contributed by atoms with Crippen LogP contribution in [-0.4, -0.2) is 41.5 Å². The lowest BCUT2D eigenvalue weighted by Crippen LogP contribution is -2.45. The number of nitrogens with zero attached hydrogens (tertiary/aromatic N) is 3. The quantitative estimate of drug-likeness (QED) is 0.590. The van der Waals surface area contributed by atoms with E-state index in [1.165, 1.54) is 15.6 Å². The van der Waals surface area contributed by atoms with Gasteiger partial charge >= 0.3 is 0 Å². The first kappa shape index (κ1) is 21.7. The maximum atomic E-state index is 12.9. The van der Waals surface area contributed by atoms with Gasteiger partial charge in [-0.2, -0.15) is 9.40 Å². The molecule has 0 bridgehead atoms. The van der Waals surface area contributed by atoms with Crippen molar-refractivity contribution in [2.75, 3.05) is 13.1 Å². The first-order chi connectivity index (χ1) is 14.9. The van der Waals surface area contributed by atoms with Gasteiger partial charge in [-0.25, -0.2) is 8.42 Å². The van der Waals surface area contributed by atoms with Gasteiger partial charge in [-0.05, 0) is 49.1 Å². The topological polar surface area (TPSA) is 84.3 Å². The van der Waals surface area contributed by atoms with Gasteiger partial charge in [0.1, 0.15) is 4.21 Å². The monoisotopic (exact) mass is 458 g/mol. The molecule has 3 heterocycles. The molecule has 1 amide bonds. The van der Waals surface area contributed by atoms with Crippen LogP contribution in [0, 0.1) is 12.8 Å². The van der Waals surface area contributed by atoms with Crippen LogP contribution in [0.4, 0.5) is 0 Å². The molecule has 1 aliphatic heterocycles. The Hall–Kier alpha value is -2.49. The predicted octanol–water partition coefficient (Wildman–Crippen LogP) is 3.02. The molecule has 1 fully saturated rings. The van der Waals surface area contributed by atoms with Crippen LogP contribution in [-0.2, 0) is 27.9 Å². The molecule has 9 heteroatoms. The molecule has 1 atom stereocenters. The first-order valence-electron chi connectivity index (χ1n) is 10.3. The summed E-state index contributed by atoms with van der Waals surface area (Å²) in [5, 5.41) is 7.26. The number of piperidine rings is 1. The number of aryl methyl sites for hydroxylation is 1. The molecule has 1 unspecified atom stereocenters. The second-order valence-corrected chi connectivity index (χ2v) is 11.2. The summed E-state index contributed by atoms with van der Waals surface area (Å²) in [5.74, 6) is -0.445. The minimum atomic E-state index is -3.55. The molecule has 7 nitrogen and oxygen atoms in total. The zero-order valence-electron chi connectivity index (χ0n) is 17.4. The fourth-order valence-electron chi connectivity index (χ4n) is 3.83. The molecule has 0 radical (unpaired) electrons. The summed E-state index contributed by atoms with van der Waals surface area (Å²) in [6.45, 7) is 3.61.